The molecule has 1 aromatic rings. The average Bonchev–Trinajstić information content (AvgIpc) is 3.25. The number of hydrogen-bond acceptors (Lipinski definition) is 2. The van der Waals surface area contributed by atoms with Crippen LogP contribution in [0.15, 0.2) is 28.7 Å². The third-order valence-corrected chi connectivity index (χ3v) is 6.21. The number of carbonyl (C=O) groups excluding carboxylic acids is 1. The molecular formula is C18H24BrClN2O. The lowest BCUT2D eigenvalue weighted by Crippen LogP contribution is -2.34. The summed E-state index contributed by atoms with van der Waals surface area (Å²) in [4.78, 5) is 15.0. The average molecular weight is 400 g/mol. The highest BCUT2D eigenvalue weighted by Crippen LogP contribution is 2.49. The standard InChI is InChI=1S/C18H23BrN2O.ClH/c19-15-3-1-2-12(8-15)16-9-17(16)18(22)21-6-4-13-10-20-11-14(13)5-7-21;/h1-3,8,13-14,16-17,20H,4-7,9-11H2;1H/t13-,14+,16?,17?;. The Morgan fingerprint density at radius 2 is 1.87 bits per heavy atom. The lowest BCUT2D eigenvalue weighted by Gasteiger charge is -2.21. The first kappa shape index (κ1) is 17.2. The number of nitrogens with zero attached hydrogens (tertiary/aromatic N) is 1. The smallest absolute Gasteiger partial charge is 0.226 e. The SMILES string of the molecule is Cl.O=C(C1CC1c1cccc(Br)c1)N1CC[C@@H]2CNC[C@@H]2CC1. The van der Waals surface area contributed by atoms with Crippen LogP contribution in [0.2, 0.25) is 0 Å². The minimum absolute atomic E-state index is 0. The summed E-state index contributed by atoms with van der Waals surface area (Å²) in [5, 5.41) is 3.50. The van der Waals surface area contributed by atoms with Gasteiger partial charge in [0.2, 0.25) is 5.91 Å². The van der Waals surface area contributed by atoms with Gasteiger partial charge < -0.3 is 10.2 Å². The molecule has 23 heavy (non-hydrogen) atoms. The fourth-order valence-corrected chi connectivity index (χ4v) is 4.66. The number of amides is 1. The Bertz CT molecular complexity index is 568. The molecule has 1 aliphatic carbocycles. The molecule has 2 aliphatic heterocycles. The van der Waals surface area contributed by atoms with Crippen molar-refractivity contribution in [1.29, 1.82) is 0 Å². The van der Waals surface area contributed by atoms with Gasteiger partial charge in [0, 0.05) is 23.5 Å². The molecule has 1 amide bonds. The van der Waals surface area contributed by atoms with Crippen molar-refractivity contribution >= 4 is 34.2 Å². The zero-order valence-electron chi connectivity index (χ0n) is 13.2. The van der Waals surface area contributed by atoms with Crippen molar-refractivity contribution in [2.75, 3.05) is 26.2 Å². The quantitative estimate of drug-likeness (QED) is 0.826. The van der Waals surface area contributed by atoms with Crippen LogP contribution >= 0.6 is 28.3 Å². The molecule has 2 unspecified atom stereocenters. The number of carbonyl (C=O) groups is 1. The molecule has 4 rings (SSSR count). The summed E-state index contributed by atoms with van der Waals surface area (Å²) >= 11 is 3.53. The Kier molecular flexibility index (Phi) is 5.34. The van der Waals surface area contributed by atoms with Crippen molar-refractivity contribution < 1.29 is 4.79 Å². The number of rotatable bonds is 2. The van der Waals surface area contributed by atoms with Crippen LogP contribution in [0.25, 0.3) is 0 Å². The second-order valence-electron chi connectivity index (χ2n) is 7.08. The monoisotopic (exact) mass is 398 g/mol. The van der Waals surface area contributed by atoms with Crippen LogP contribution in [-0.2, 0) is 4.79 Å². The van der Waals surface area contributed by atoms with Crippen molar-refractivity contribution in [1.82, 2.24) is 10.2 Å². The van der Waals surface area contributed by atoms with Crippen LogP contribution < -0.4 is 5.32 Å². The summed E-state index contributed by atoms with van der Waals surface area (Å²) in [6, 6.07) is 8.43. The number of likely N-dealkylation sites (tertiary alicyclic amines) is 1. The van der Waals surface area contributed by atoms with E-state index in [0.717, 1.165) is 48.9 Å². The maximum Gasteiger partial charge on any atom is 0.226 e. The van der Waals surface area contributed by atoms with Crippen molar-refractivity contribution in [3.63, 3.8) is 0 Å². The second kappa shape index (κ2) is 7.12. The Morgan fingerprint density at radius 3 is 2.52 bits per heavy atom. The number of hydrogen-bond donors (Lipinski definition) is 1. The predicted octanol–water partition coefficient (Wildman–Crippen LogP) is 3.43. The van der Waals surface area contributed by atoms with E-state index in [1.54, 1.807) is 0 Å². The van der Waals surface area contributed by atoms with Crippen LogP contribution in [0.4, 0.5) is 0 Å². The third-order valence-electron chi connectivity index (χ3n) is 5.72. The fourth-order valence-electron chi connectivity index (χ4n) is 4.25. The normalized spacial score (nSPS) is 32.7. The van der Waals surface area contributed by atoms with Gasteiger partial charge in [0.25, 0.3) is 0 Å². The van der Waals surface area contributed by atoms with Gasteiger partial charge in [0.05, 0.1) is 0 Å². The Labute approximate surface area is 152 Å². The van der Waals surface area contributed by atoms with Crippen molar-refractivity contribution in [3.05, 3.63) is 34.3 Å². The zero-order valence-corrected chi connectivity index (χ0v) is 15.6. The number of nitrogens with one attached hydrogen (secondary N) is 1. The van der Waals surface area contributed by atoms with Gasteiger partial charge in [-0.1, -0.05) is 28.1 Å². The van der Waals surface area contributed by atoms with Gasteiger partial charge in [-0.3, -0.25) is 4.79 Å². The highest BCUT2D eigenvalue weighted by molar-refractivity contribution is 9.10. The van der Waals surface area contributed by atoms with E-state index in [0.29, 0.717) is 11.8 Å². The zero-order chi connectivity index (χ0) is 15.1. The first-order valence-electron chi connectivity index (χ1n) is 8.47. The maximum absolute atomic E-state index is 12.8. The van der Waals surface area contributed by atoms with Crippen molar-refractivity contribution in [2.24, 2.45) is 17.8 Å². The molecule has 0 spiro atoms. The van der Waals surface area contributed by atoms with Crippen LogP contribution in [0, 0.1) is 17.8 Å². The Balaban J connectivity index is 0.00000156. The molecule has 4 atom stereocenters. The summed E-state index contributed by atoms with van der Waals surface area (Å²) in [6.45, 7) is 4.22. The highest BCUT2D eigenvalue weighted by atomic mass is 79.9. The molecule has 0 radical (unpaired) electrons. The minimum Gasteiger partial charge on any atom is -0.342 e. The van der Waals surface area contributed by atoms with Crippen LogP contribution in [0.5, 0.6) is 0 Å². The van der Waals surface area contributed by atoms with Gasteiger partial charge >= 0.3 is 0 Å². The van der Waals surface area contributed by atoms with E-state index < -0.39 is 0 Å². The number of fused-ring (bicyclic) bond motifs is 1. The largest absolute Gasteiger partial charge is 0.342 e. The highest BCUT2D eigenvalue weighted by Gasteiger charge is 2.46. The van der Waals surface area contributed by atoms with Gasteiger partial charge in [-0.2, -0.15) is 0 Å². The first-order chi connectivity index (χ1) is 10.7. The van der Waals surface area contributed by atoms with Crippen LogP contribution in [0.1, 0.15) is 30.7 Å². The number of halogens is 2. The molecule has 1 N–H and O–H groups in total. The molecular weight excluding hydrogens is 376 g/mol. The van der Waals surface area contributed by atoms with E-state index in [1.807, 2.05) is 6.07 Å². The summed E-state index contributed by atoms with van der Waals surface area (Å²) < 4.78 is 1.11. The molecule has 3 nitrogen and oxygen atoms in total. The van der Waals surface area contributed by atoms with Gasteiger partial charge in [0.15, 0.2) is 0 Å². The number of benzene rings is 1. The van der Waals surface area contributed by atoms with Gasteiger partial charge in [-0.05, 0) is 67.8 Å². The lowest BCUT2D eigenvalue weighted by atomic mass is 9.92. The molecule has 126 valence electrons. The fraction of sp³-hybridized carbons (Fsp3) is 0.611. The lowest BCUT2D eigenvalue weighted by molar-refractivity contribution is -0.132. The van der Waals surface area contributed by atoms with E-state index in [4.69, 9.17) is 0 Å². The van der Waals surface area contributed by atoms with E-state index in [1.165, 1.54) is 18.4 Å². The summed E-state index contributed by atoms with van der Waals surface area (Å²) in [6.07, 6.45) is 3.38. The van der Waals surface area contributed by atoms with Crippen LogP contribution in [0.3, 0.4) is 0 Å². The Hall–Kier alpha value is -0.580. The molecule has 1 saturated carbocycles. The molecule has 3 aliphatic rings. The van der Waals surface area contributed by atoms with Gasteiger partial charge in [0.1, 0.15) is 0 Å². The molecule has 5 heteroatoms. The van der Waals surface area contributed by atoms with E-state index in [2.05, 4.69) is 44.3 Å². The first-order valence-corrected chi connectivity index (χ1v) is 9.26. The summed E-state index contributed by atoms with van der Waals surface area (Å²) in [5.41, 5.74) is 1.31. The predicted molar refractivity (Wildman–Crippen MR) is 97.9 cm³/mol. The van der Waals surface area contributed by atoms with E-state index in [9.17, 15) is 4.79 Å². The van der Waals surface area contributed by atoms with E-state index >= 15 is 0 Å². The molecule has 2 saturated heterocycles. The van der Waals surface area contributed by atoms with E-state index in [-0.39, 0.29) is 18.3 Å². The summed E-state index contributed by atoms with van der Waals surface area (Å²) in [5.74, 6) is 2.65. The van der Waals surface area contributed by atoms with Gasteiger partial charge in [-0.15, -0.1) is 12.4 Å². The third kappa shape index (κ3) is 3.59. The molecule has 0 aromatic heterocycles. The maximum atomic E-state index is 12.8. The summed E-state index contributed by atoms with van der Waals surface area (Å²) in [7, 11) is 0. The van der Waals surface area contributed by atoms with Crippen LogP contribution in [-0.4, -0.2) is 37.0 Å². The molecule has 2 heterocycles. The molecule has 1 aromatic carbocycles. The van der Waals surface area contributed by atoms with Gasteiger partial charge in [-0.25, -0.2) is 0 Å². The molecule has 3 fully saturated rings. The van der Waals surface area contributed by atoms with Crippen molar-refractivity contribution in [3.8, 4) is 0 Å². The topological polar surface area (TPSA) is 32.3 Å². The second-order valence-corrected chi connectivity index (χ2v) is 8.00. The van der Waals surface area contributed by atoms with Crippen molar-refractivity contribution in [2.45, 2.75) is 25.2 Å². The minimum atomic E-state index is 0. The molecule has 0 bridgehead atoms. The Morgan fingerprint density at radius 1 is 1.17 bits per heavy atom.